The number of aromatic nitrogens is 1. The molecule has 1 aromatic heterocycles. The molecule has 6 rings (SSSR count). The molecule has 3 fully saturated rings. The lowest BCUT2D eigenvalue weighted by Gasteiger charge is -2.69. The van der Waals surface area contributed by atoms with E-state index in [-0.39, 0.29) is 16.9 Å². The number of pyridine rings is 1. The lowest BCUT2D eigenvalue weighted by atomic mass is 9.35. The van der Waals surface area contributed by atoms with Crippen molar-refractivity contribution in [1.82, 2.24) is 9.99 Å². The second kappa shape index (κ2) is 6.59. The van der Waals surface area contributed by atoms with Crippen molar-refractivity contribution in [2.24, 2.45) is 15.9 Å². The number of amides is 1. The van der Waals surface area contributed by atoms with Crippen LogP contribution in [-0.4, -0.2) is 28.7 Å². The summed E-state index contributed by atoms with van der Waals surface area (Å²) in [4.78, 5) is 17.5. The van der Waals surface area contributed by atoms with E-state index in [1.807, 2.05) is 19.1 Å². The molecule has 1 unspecified atom stereocenters. The molecule has 2 bridgehead atoms. The van der Waals surface area contributed by atoms with Gasteiger partial charge in [0, 0.05) is 35.9 Å². The maximum absolute atomic E-state index is 14.0. The highest BCUT2D eigenvalue weighted by Gasteiger charge is 2.73. The number of nitrogens with zero attached hydrogens (tertiary/aromatic N) is 3. The lowest BCUT2D eigenvalue weighted by Crippen LogP contribution is -2.69. The van der Waals surface area contributed by atoms with Crippen molar-refractivity contribution in [2.75, 3.05) is 6.61 Å². The van der Waals surface area contributed by atoms with Gasteiger partial charge in [-0.05, 0) is 56.4 Å². The number of halogens is 2. The first kappa shape index (κ1) is 19.2. The first-order valence-electron chi connectivity index (χ1n) is 10.2. The van der Waals surface area contributed by atoms with Crippen LogP contribution in [0.5, 0.6) is 5.88 Å². The average molecular weight is 411 g/mol. The number of aryl methyl sites for hydroxylation is 1. The van der Waals surface area contributed by atoms with Crippen LogP contribution in [0.3, 0.4) is 0 Å². The number of carbonyl (C=O) groups excluding carboxylic acids is 1. The molecule has 2 heterocycles. The Morgan fingerprint density at radius 2 is 1.90 bits per heavy atom. The molecule has 5 nitrogen and oxygen atoms in total. The Labute approximate surface area is 173 Å². The van der Waals surface area contributed by atoms with Crippen LogP contribution in [0.2, 0.25) is 0 Å². The molecule has 0 saturated heterocycles. The molecule has 1 atom stereocenters. The van der Waals surface area contributed by atoms with Crippen LogP contribution in [0.1, 0.15) is 48.4 Å². The van der Waals surface area contributed by atoms with Gasteiger partial charge in [0.05, 0.1) is 18.1 Å². The first-order chi connectivity index (χ1) is 14.3. The monoisotopic (exact) mass is 411 g/mol. The minimum Gasteiger partial charge on any atom is -0.477 e. The Kier molecular flexibility index (Phi) is 4.21. The summed E-state index contributed by atoms with van der Waals surface area (Å²) < 4.78 is 33.9. The largest absolute Gasteiger partial charge is 0.477 e. The Hall–Kier alpha value is -2.83. The zero-order chi connectivity index (χ0) is 21.1. The van der Waals surface area contributed by atoms with Crippen LogP contribution in [0, 0.1) is 36.3 Å². The zero-order valence-electron chi connectivity index (χ0n) is 17.0. The molecule has 1 aromatic carbocycles. The average Bonchev–Trinajstić information content (AvgIpc) is 3.14. The van der Waals surface area contributed by atoms with Crippen LogP contribution >= 0.6 is 0 Å². The summed E-state index contributed by atoms with van der Waals surface area (Å²) in [5.74, 6) is -0.664. The predicted octanol–water partition coefficient (Wildman–Crippen LogP) is 4.49. The van der Waals surface area contributed by atoms with E-state index in [9.17, 15) is 13.6 Å². The fraction of sp³-hybridized carbons (Fsp3) is 0.435. The summed E-state index contributed by atoms with van der Waals surface area (Å²) in [5.41, 5.74) is 1.10. The Balaban J connectivity index is 1.24. The van der Waals surface area contributed by atoms with Crippen molar-refractivity contribution in [3.63, 3.8) is 0 Å². The van der Waals surface area contributed by atoms with Gasteiger partial charge in [-0.3, -0.25) is 4.79 Å². The number of hydrogen-bond donors (Lipinski definition) is 0. The van der Waals surface area contributed by atoms with Crippen LogP contribution in [0.4, 0.5) is 8.78 Å². The summed E-state index contributed by atoms with van der Waals surface area (Å²) in [6.07, 6.45) is 6.12. The first-order valence-corrected chi connectivity index (χ1v) is 10.2. The molecule has 1 aliphatic heterocycles. The third-order valence-corrected chi connectivity index (χ3v) is 6.73. The van der Waals surface area contributed by atoms with Crippen molar-refractivity contribution in [1.29, 1.82) is 0 Å². The molecule has 3 aliphatic carbocycles. The summed E-state index contributed by atoms with van der Waals surface area (Å²) in [6.45, 7) is 3.91. The van der Waals surface area contributed by atoms with Crippen LogP contribution in [0.15, 0.2) is 35.6 Å². The number of hydrogen-bond acceptors (Lipinski definition) is 4. The minimum atomic E-state index is -0.601. The van der Waals surface area contributed by atoms with Crippen molar-refractivity contribution in [2.45, 2.75) is 45.6 Å². The number of benzene rings is 1. The van der Waals surface area contributed by atoms with E-state index in [2.05, 4.69) is 10.1 Å². The summed E-state index contributed by atoms with van der Waals surface area (Å²) >= 11 is 0. The van der Waals surface area contributed by atoms with Gasteiger partial charge in [-0.2, -0.15) is 5.10 Å². The maximum atomic E-state index is 14.0. The Morgan fingerprint density at radius 1 is 1.20 bits per heavy atom. The standard InChI is InChI=1S/C23H23F2N3O2/c1-14-3-4-20(26-9-14)30-13-22-10-23(11-22,12-22)21(29)28-19(5-6-27-28)16-7-17(24)15(2)18(25)8-16/h3-4,6-9,19H,5,10-13H2,1-2H3. The molecule has 2 aromatic rings. The summed E-state index contributed by atoms with van der Waals surface area (Å²) in [6, 6.07) is 5.97. The molecule has 1 amide bonds. The molecule has 0 radical (unpaired) electrons. The van der Waals surface area contributed by atoms with Crippen molar-refractivity contribution in [3.05, 3.63) is 58.8 Å². The SMILES string of the molecule is Cc1ccc(OCC23CC(C(=O)N4N=CCC4c4cc(F)c(C)c(F)c4)(C2)C3)nc1. The second-order valence-electron chi connectivity index (χ2n) is 9.08. The highest BCUT2D eigenvalue weighted by atomic mass is 19.1. The molecule has 0 N–H and O–H groups in total. The Bertz CT molecular complexity index is 1010. The van der Waals surface area contributed by atoms with E-state index in [1.165, 1.54) is 24.1 Å². The number of ether oxygens (including phenoxy) is 1. The van der Waals surface area contributed by atoms with Crippen LogP contribution in [0.25, 0.3) is 0 Å². The van der Waals surface area contributed by atoms with Gasteiger partial charge < -0.3 is 4.74 Å². The van der Waals surface area contributed by atoms with Gasteiger partial charge in [0.1, 0.15) is 11.6 Å². The normalized spacial score (nSPS) is 28.8. The number of carbonyl (C=O) groups is 1. The quantitative estimate of drug-likeness (QED) is 0.729. The molecule has 3 saturated carbocycles. The van der Waals surface area contributed by atoms with E-state index in [4.69, 9.17) is 4.74 Å². The topological polar surface area (TPSA) is 54.8 Å². The van der Waals surface area contributed by atoms with E-state index in [0.29, 0.717) is 24.5 Å². The van der Waals surface area contributed by atoms with E-state index >= 15 is 0 Å². The smallest absolute Gasteiger partial charge is 0.249 e. The van der Waals surface area contributed by atoms with Crippen molar-refractivity contribution in [3.8, 4) is 5.88 Å². The molecule has 0 spiro atoms. The summed E-state index contributed by atoms with van der Waals surface area (Å²) in [5, 5.41) is 5.67. The molecular weight excluding hydrogens is 388 g/mol. The third kappa shape index (κ3) is 2.90. The maximum Gasteiger partial charge on any atom is 0.249 e. The molecule has 4 aliphatic rings. The van der Waals surface area contributed by atoms with Crippen molar-refractivity contribution < 1.29 is 18.3 Å². The number of hydrazone groups is 1. The fourth-order valence-electron chi connectivity index (χ4n) is 5.13. The van der Waals surface area contributed by atoms with Gasteiger partial charge in [-0.25, -0.2) is 18.8 Å². The van der Waals surface area contributed by atoms with E-state index < -0.39 is 23.1 Å². The number of rotatable bonds is 5. The van der Waals surface area contributed by atoms with Crippen LogP contribution in [-0.2, 0) is 4.79 Å². The van der Waals surface area contributed by atoms with Gasteiger partial charge in [0.25, 0.3) is 0 Å². The minimum absolute atomic E-state index is 0.0139. The molecule has 156 valence electrons. The van der Waals surface area contributed by atoms with E-state index in [0.717, 1.165) is 24.8 Å². The lowest BCUT2D eigenvalue weighted by molar-refractivity contribution is -0.227. The van der Waals surface area contributed by atoms with Gasteiger partial charge in [0.15, 0.2) is 0 Å². The molecule has 7 heteroatoms. The fourth-order valence-corrected chi connectivity index (χ4v) is 5.13. The zero-order valence-corrected chi connectivity index (χ0v) is 17.0. The molecule has 30 heavy (non-hydrogen) atoms. The van der Waals surface area contributed by atoms with Crippen molar-refractivity contribution >= 4 is 12.1 Å². The van der Waals surface area contributed by atoms with Gasteiger partial charge in [-0.15, -0.1) is 0 Å². The third-order valence-electron chi connectivity index (χ3n) is 6.73. The van der Waals surface area contributed by atoms with Gasteiger partial charge in [-0.1, -0.05) is 6.07 Å². The van der Waals surface area contributed by atoms with Crippen LogP contribution < -0.4 is 4.74 Å². The predicted molar refractivity (Wildman–Crippen MR) is 107 cm³/mol. The highest BCUT2D eigenvalue weighted by molar-refractivity contribution is 5.88. The van der Waals surface area contributed by atoms with E-state index in [1.54, 1.807) is 12.4 Å². The van der Waals surface area contributed by atoms with Gasteiger partial charge >= 0.3 is 0 Å². The molecular formula is C23H23F2N3O2. The highest BCUT2D eigenvalue weighted by Crippen LogP contribution is 2.74. The summed E-state index contributed by atoms with van der Waals surface area (Å²) in [7, 11) is 0. The Morgan fingerprint density at radius 3 is 2.53 bits per heavy atom. The van der Waals surface area contributed by atoms with Gasteiger partial charge in [0.2, 0.25) is 11.8 Å². The second-order valence-corrected chi connectivity index (χ2v) is 9.08.